The Morgan fingerprint density at radius 2 is 1.97 bits per heavy atom. The van der Waals surface area contributed by atoms with E-state index < -0.39 is 17.5 Å². The highest BCUT2D eigenvalue weighted by Gasteiger charge is 2.51. The number of Topliss-reactive ketones (excluding diaryl/α,β-unsaturated/α-hetero) is 1. The number of carbonyl (C=O) groups is 4. The third-order valence-electron chi connectivity index (χ3n) is 5.22. The van der Waals surface area contributed by atoms with Gasteiger partial charge in [-0.1, -0.05) is 0 Å². The molecule has 0 aromatic carbocycles. The van der Waals surface area contributed by atoms with Gasteiger partial charge in [0, 0.05) is 18.0 Å². The summed E-state index contributed by atoms with van der Waals surface area (Å²) in [6.07, 6.45) is 1.62. The molecule has 4 heterocycles. The Morgan fingerprint density at radius 1 is 1.20 bits per heavy atom. The van der Waals surface area contributed by atoms with Gasteiger partial charge in [0.1, 0.15) is 5.76 Å². The maximum atomic E-state index is 12.8. The lowest BCUT2D eigenvalue weighted by atomic mass is 9.99. The van der Waals surface area contributed by atoms with E-state index in [9.17, 15) is 19.2 Å². The first-order chi connectivity index (χ1) is 14.4. The van der Waals surface area contributed by atoms with Gasteiger partial charge < -0.3 is 19.4 Å². The number of furan rings is 1. The van der Waals surface area contributed by atoms with E-state index in [-0.39, 0.29) is 24.7 Å². The number of hydrogen-bond acceptors (Lipinski definition) is 7. The summed E-state index contributed by atoms with van der Waals surface area (Å²) in [5.74, 6) is -0.620. The summed E-state index contributed by atoms with van der Waals surface area (Å²) < 4.78 is 10.5. The zero-order chi connectivity index (χ0) is 21.3. The fraction of sp³-hybridized carbons (Fsp3) is 0.400. The van der Waals surface area contributed by atoms with Crippen molar-refractivity contribution in [3.8, 4) is 0 Å². The van der Waals surface area contributed by atoms with Crippen molar-refractivity contribution in [1.29, 1.82) is 0 Å². The van der Waals surface area contributed by atoms with Gasteiger partial charge in [-0.25, -0.2) is 4.79 Å². The topological polar surface area (TPSA) is 109 Å². The van der Waals surface area contributed by atoms with Gasteiger partial charge in [0.2, 0.25) is 5.91 Å². The number of morpholine rings is 1. The second-order valence-electron chi connectivity index (χ2n) is 7.28. The monoisotopic (exact) mass is 431 g/mol. The number of imide groups is 1. The molecule has 0 aliphatic carbocycles. The van der Waals surface area contributed by atoms with Gasteiger partial charge >= 0.3 is 6.03 Å². The lowest BCUT2D eigenvalue weighted by Crippen LogP contribution is -2.41. The molecule has 2 aliphatic rings. The average Bonchev–Trinajstić information content (AvgIpc) is 3.47. The molecular formula is C20H21N3O6S. The Bertz CT molecular complexity index is 979. The minimum atomic E-state index is -1.34. The normalized spacial score (nSPS) is 21.8. The van der Waals surface area contributed by atoms with E-state index >= 15 is 0 Å². The van der Waals surface area contributed by atoms with Crippen molar-refractivity contribution in [2.45, 2.75) is 18.9 Å². The first-order valence-electron chi connectivity index (χ1n) is 9.54. The van der Waals surface area contributed by atoms with Crippen LogP contribution in [0.2, 0.25) is 0 Å². The van der Waals surface area contributed by atoms with Crippen molar-refractivity contribution in [1.82, 2.24) is 15.1 Å². The third-order valence-corrected chi connectivity index (χ3v) is 6.34. The molecule has 9 nitrogen and oxygen atoms in total. The van der Waals surface area contributed by atoms with Crippen molar-refractivity contribution >= 4 is 35.0 Å². The van der Waals surface area contributed by atoms with E-state index in [1.54, 1.807) is 29.2 Å². The lowest BCUT2D eigenvalue weighted by Gasteiger charge is -2.26. The Morgan fingerprint density at radius 3 is 2.67 bits per heavy atom. The van der Waals surface area contributed by atoms with Gasteiger partial charge in [-0.05, 0) is 31.2 Å². The van der Waals surface area contributed by atoms with Crippen LogP contribution in [0.25, 0.3) is 0 Å². The number of ether oxygens (including phenoxy) is 1. The fourth-order valence-corrected chi connectivity index (χ4v) is 4.42. The first kappa shape index (κ1) is 20.3. The second-order valence-corrected chi connectivity index (χ2v) is 8.45. The number of hydrogen-bond donors (Lipinski definition) is 1. The molecule has 2 fully saturated rings. The van der Waals surface area contributed by atoms with Gasteiger partial charge in [0.25, 0.3) is 5.91 Å². The molecule has 10 heteroatoms. The average molecular weight is 431 g/mol. The van der Waals surface area contributed by atoms with Crippen LogP contribution in [0.15, 0.2) is 34.9 Å². The molecule has 2 aromatic rings. The quantitative estimate of drug-likeness (QED) is 0.547. The third kappa shape index (κ3) is 3.75. The molecule has 4 amide bonds. The molecule has 1 atom stereocenters. The number of amides is 4. The Kier molecular flexibility index (Phi) is 5.44. The number of nitrogens with zero attached hydrogens (tertiary/aromatic N) is 2. The molecule has 4 rings (SSSR count). The van der Waals surface area contributed by atoms with Crippen LogP contribution in [-0.4, -0.2) is 66.3 Å². The summed E-state index contributed by atoms with van der Waals surface area (Å²) in [5.41, 5.74) is -1.34. The lowest BCUT2D eigenvalue weighted by molar-refractivity contribution is -0.134. The van der Waals surface area contributed by atoms with Crippen LogP contribution in [0.1, 0.15) is 27.2 Å². The number of nitrogens with one attached hydrogen (secondary N) is 1. The number of urea groups is 1. The zero-order valence-electron chi connectivity index (χ0n) is 16.4. The summed E-state index contributed by atoms with van der Waals surface area (Å²) in [6, 6.07) is 5.93. The van der Waals surface area contributed by atoms with E-state index in [2.05, 4.69) is 5.32 Å². The highest BCUT2D eigenvalue weighted by Crippen LogP contribution is 2.29. The van der Waals surface area contributed by atoms with Crippen molar-refractivity contribution in [3.63, 3.8) is 0 Å². The fourth-order valence-electron chi connectivity index (χ4n) is 3.49. The maximum Gasteiger partial charge on any atom is 0.325 e. The van der Waals surface area contributed by atoms with Crippen LogP contribution in [0.4, 0.5) is 4.79 Å². The molecule has 0 bridgehead atoms. The minimum absolute atomic E-state index is 0.0116. The van der Waals surface area contributed by atoms with Crippen LogP contribution in [0.5, 0.6) is 0 Å². The number of rotatable bonds is 6. The van der Waals surface area contributed by atoms with Crippen LogP contribution < -0.4 is 5.32 Å². The van der Waals surface area contributed by atoms with Crippen LogP contribution in [0, 0.1) is 0 Å². The number of carbonyl (C=O) groups excluding carboxylic acids is 4. The Hall–Kier alpha value is -2.98. The van der Waals surface area contributed by atoms with E-state index in [4.69, 9.17) is 9.15 Å². The number of thiophene rings is 1. The predicted molar refractivity (Wildman–Crippen MR) is 106 cm³/mol. The predicted octanol–water partition coefficient (Wildman–Crippen LogP) is 1.39. The van der Waals surface area contributed by atoms with Gasteiger partial charge in [0.15, 0.2) is 11.3 Å². The molecule has 0 radical (unpaired) electrons. The van der Waals surface area contributed by atoms with Gasteiger partial charge in [-0.2, -0.15) is 0 Å². The zero-order valence-corrected chi connectivity index (χ0v) is 17.2. The molecular weight excluding hydrogens is 410 g/mol. The minimum Gasteiger partial charge on any atom is -0.466 e. The summed E-state index contributed by atoms with van der Waals surface area (Å²) in [4.78, 5) is 54.0. The Labute approximate surface area is 176 Å². The van der Waals surface area contributed by atoms with Gasteiger partial charge in [-0.3, -0.25) is 19.3 Å². The van der Waals surface area contributed by atoms with Crippen molar-refractivity contribution < 1.29 is 28.3 Å². The summed E-state index contributed by atoms with van der Waals surface area (Å²) in [5, 5.41) is 2.59. The molecule has 0 saturated carbocycles. The van der Waals surface area contributed by atoms with E-state index in [0.717, 1.165) is 9.78 Å². The second kappa shape index (κ2) is 8.04. The summed E-state index contributed by atoms with van der Waals surface area (Å²) in [6.45, 7) is 3.36. The molecule has 2 aromatic heterocycles. The van der Waals surface area contributed by atoms with Crippen LogP contribution in [-0.2, 0) is 26.3 Å². The van der Waals surface area contributed by atoms with E-state index in [1.807, 2.05) is 0 Å². The molecule has 1 N–H and O–H groups in total. The molecule has 2 aliphatic heterocycles. The summed E-state index contributed by atoms with van der Waals surface area (Å²) >= 11 is 1.20. The SMILES string of the molecule is CC1(c2ccco2)NC(=O)N(CC(=O)c2ccc(CC(=O)N3CCOCC3)s2)C1=O. The highest BCUT2D eigenvalue weighted by atomic mass is 32.1. The molecule has 30 heavy (non-hydrogen) atoms. The van der Waals surface area contributed by atoms with E-state index in [1.165, 1.54) is 24.5 Å². The molecule has 1 unspecified atom stereocenters. The van der Waals surface area contributed by atoms with Gasteiger partial charge in [-0.15, -0.1) is 11.3 Å². The van der Waals surface area contributed by atoms with Gasteiger partial charge in [0.05, 0.1) is 37.3 Å². The molecule has 158 valence electrons. The van der Waals surface area contributed by atoms with E-state index in [0.29, 0.717) is 36.9 Å². The van der Waals surface area contributed by atoms with Crippen LogP contribution >= 0.6 is 11.3 Å². The first-order valence-corrected chi connectivity index (χ1v) is 10.4. The summed E-state index contributed by atoms with van der Waals surface area (Å²) in [7, 11) is 0. The standard InChI is InChI=1S/C20H21N3O6S/c1-20(16-3-2-8-29-16)18(26)23(19(27)21-20)12-14(24)15-5-4-13(30-15)11-17(25)22-6-9-28-10-7-22/h2-5,8H,6-7,9-12H2,1H3,(H,21,27). The smallest absolute Gasteiger partial charge is 0.325 e. The molecule has 0 spiro atoms. The van der Waals surface area contributed by atoms with Crippen molar-refractivity contribution in [2.75, 3.05) is 32.8 Å². The highest BCUT2D eigenvalue weighted by molar-refractivity contribution is 7.14. The number of ketones is 1. The maximum absolute atomic E-state index is 12.8. The largest absolute Gasteiger partial charge is 0.466 e. The van der Waals surface area contributed by atoms with Crippen molar-refractivity contribution in [3.05, 3.63) is 46.0 Å². The van der Waals surface area contributed by atoms with Crippen LogP contribution in [0.3, 0.4) is 0 Å². The molecule has 2 saturated heterocycles. The van der Waals surface area contributed by atoms with Crippen molar-refractivity contribution in [2.24, 2.45) is 0 Å². The Balaban J connectivity index is 1.40.